The van der Waals surface area contributed by atoms with Crippen molar-refractivity contribution < 1.29 is 14.7 Å². The zero-order chi connectivity index (χ0) is 18.5. The van der Waals surface area contributed by atoms with E-state index in [0.29, 0.717) is 28.8 Å². The summed E-state index contributed by atoms with van der Waals surface area (Å²) in [6.07, 6.45) is 2.82. The van der Waals surface area contributed by atoms with Gasteiger partial charge in [0.1, 0.15) is 6.33 Å². The van der Waals surface area contributed by atoms with Gasteiger partial charge in [0, 0.05) is 12.1 Å². The van der Waals surface area contributed by atoms with E-state index in [1.807, 2.05) is 18.4 Å². The minimum absolute atomic E-state index is 0.0523. The van der Waals surface area contributed by atoms with Crippen LogP contribution in [0.4, 0.5) is 16.3 Å². The number of carbonyl (C=O) groups excluding carboxylic acids is 1. The number of hydrogen-bond donors (Lipinski definition) is 4. The second-order valence-corrected chi connectivity index (χ2v) is 5.42. The van der Waals surface area contributed by atoms with Crippen molar-refractivity contribution >= 4 is 34.5 Å². The van der Waals surface area contributed by atoms with Crippen LogP contribution in [0.25, 0.3) is 16.7 Å². The Labute approximate surface area is 148 Å². The van der Waals surface area contributed by atoms with Gasteiger partial charge in [0.2, 0.25) is 5.91 Å². The summed E-state index contributed by atoms with van der Waals surface area (Å²) in [4.78, 5) is 30.6. The zero-order valence-electron chi connectivity index (χ0n) is 13.9. The number of aromatic nitrogens is 4. The summed E-state index contributed by atoms with van der Waals surface area (Å²) in [6.45, 7) is 1.94. The van der Waals surface area contributed by atoms with Crippen LogP contribution in [-0.2, 0) is 4.79 Å². The largest absolute Gasteiger partial charge is 0.464 e. The van der Waals surface area contributed by atoms with E-state index in [-0.39, 0.29) is 11.7 Å². The van der Waals surface area contributed by atoms with Crippen LogP contribution < -0.4 is 16.2 Å². The summed E-state index contributed by atoms with van der Waals surface area (Å²) in [5, 5.41) is 16.4. The van der Waals surface area contributed by atoms with Crippen molar-refractivity contribution in [3.63, 3.8) is 0 Å². The quantitative estimate of drug-likeness (QED) is 0.498. The summed E-state index contributed by atoms with van der Waals surface area (Å²) in [6, 6.07) is 7.20. The van der Waals surface area contributed by atoms with Crippen LogP contribution in [0.1, 0.15) is 19.8 Å². The standard InChI is InChI=1S/C16H17N7O3/c1-2-4-13(24)20-10-5-3-6-11(7-10)23-15-12(8-19-23)14(17-9-18-15)21-22-16(25)26/h3,5-9,22H,2,4H2,1H3,(H,20,24)(H,25,26)(H,17,18,21). The Morgan fingerprint density at radius 2 is 2.12 bits per heavy atom. The molecule has 0 saturated carbocycles. The Bertz CT molecular complexity index is 954. The maximum absolute atomic E-state index is 11.8. The molecule has 26 heavy (non-hydrogen) atoms. The van der Waals surface area contributed by atoms with Crippen LogP contribution in [0.2, 0.25) is 0 Å². The van der Waals surface area contributed by atoms with Crippen LogP contribution in [-0.4, -0.2) is 36.9 Å². The lowest BCUT2D eigenvalue weighted by Gasteiger charge is -2.08. The Hall–Kier alpha value is -3.69. The van der Waals surface area contributed by atoms with Gasteiger partial charge < -0.3 is 10.4 Å². The second-order valence-electron chi connectivity index (χ2n) is 5.42. The highest BCUT2D eigenvalue weighted by atomic mass is 16.4. The van der Waals surface area contributed by atoms with Crippen LogP contribution in [0, 0.1) is 0 Å². The molecule has 0 aliphatic carbocycles. The number of hydrazine groups is 1. The molecule has 0 unspecified atom stereocenters. The molecule has 2 amide bonds. The molecule has 1 aromatic carbocycles. The van der Waals surface area contributed by atoms with Crippen molar-refractivity contribution in [2.45, 2.75) is 19.8 Å². The zero-order valence-corrected chi connectivity index (χ0v) is 13.9. The summed E-state index contributed by atoms with van der Waals surface area (Å²) < 4.78 is 1.58. The van der Waals surface area contributed by atoms with E-state index >= 15 is 0 Å². The number of rotatable bonds is 6. The van der Waals surface area contributed by atoms with E-state index in [0.717, 1.165) is 6.42 Å². The van der Waals surface area contributed by atoms with E-state index in [9.17, 15) is 9.59 Å². The predicted molar refractivity (Wildman–Crippen MR) is 95.0 cm³/mol. The molecule has 0 spiro atoms. The number of carboxylic acid groups (broad SMARTS) is 1. The van der Waals surface area contributed by atoms with Crippen molar-refractivity contribution in [3.8, 4) is 5.69 Å². The molecule has 3 aromatic rings. The number of nitrogens with zero attached hydrogens (tertiary/aromatic N) is 4. The maximum Gasteiger partial charge on any atom is 0.423 e. The van der Waals surface area contributed by atoms with Gasteiger partial charge in [0.15, 0.2) is 11.5 Å². The molecule has 0 radical (unpaired) electrons. The normalized spacial score (nSPS) is 10.5. The number of carbonyl (C=O) groups is 2. The fraction of sp³-hybridized carbons (Fsp3) is 0.188. The Balaban J connectivity index is 1.92. The first-order chi connectivity index (χ1) is 12.6. The summed E-state index contributed by atoms with van der Waals surface area (Å²) >= 11 is 0. The van der Waals surface area contributed by atoms with Crippen LogP contribution in [0.15, 0.2) is 36.8 Å². The number of fused-ring (bicyclic) bond motifs is 1. The number of amides is 2. The SMILES string of the molecule is CCCC(=O)Nc1cccc(-n2ncc3c(NNC(=O)O)ncnc32)c1. The molecule has 10 nitrogen and oxygen atoms in total. The fourth-order valence-electron chi connectivity index (χ4n) is 2.41. The lowest BCUT2D eigenvalue weighted by atomic mass is 10.2. The van der Waals surface area contributed by atoms with Gasteiger partial charge >= 0.3 is 6.09 Å². The lowest BCUT2D eigenvalue weighted by Crippen LogP contribution is -2.27. The van der Waals surface area contributed by atoms with Gasteiger partial charge in [-0.25, -0.2) is 24.9 Å². The molecule has 0 fully saturated rings. The molecule has 4 N–H and O–H groups in total. The monoisotopic (exact) mass is 355 g/mol. The van der Waals surface area contributed by atoms with E-state index < -0.39 is 6.09 Å². The molecule has 0 atom stereocenters. The minimum atomic E-state index is -1.24. The highest BCUT2D eigenvalue weighted by molar-refractivity contribution is 5.91. The van der Waals surface area contributed by atoms with E-state index in [4.69, 9.17) is 5.11 Å². The van der Waals surface area contributed by atoms with Gasteiger partial charge in [-0.3, -0.25) is 10.2 Å². The number of nitrogens with one attached hydrogen (secondary N) is 3. The van der Waals surface area contributed by atoms with Gasteiger partial charge in [0.25, 0.3) is 0 Å². The van der Waals surface area contributed by atoms with E-state index in [1.165, 1.54) is 12.5 Å². The summed E-state index contributed by atoms with van der Waals surface area (Å²) in [7, 11) is 0. The van der Waals surface area contributed by atoms with Crippen LogP contribution in [0.3, 0.4) is 0 Å². The number of hydrogen-bond acceptors (Lipinski definition) is 6. The summed E-state index contributed by atoms with van der Waals surface area (Å²) in [5.74, 6) is 0.236. The molecule has 0 bridgehead atoms. The van der Waals surface area contributed by atoms with E-state index in [2.05, 4.69) is 25.8 Å². The van der Waals surface area contributed by atoms with Gasteiger partial charge in [-0.15, -0.1) is 0 Å². The summed E-state index contributed by atoms with van der Waals surface area (Å²) in [5.41, 5.74) is 6.38. The first-order valence-electron chi connectivity index (χ1n) is 7.92. The predicted octanol–water partition coefficient (Wildman–Crippen LogP) is 2.15. The third-order valence-electron chi connectivity index (χ3n) is 3.51. The minimum Gasteiger partial charge on any atom is -0.464 e. The van der Waals surface area contributed by atoms with Gasteiger partial charge in [-0.1, -0.05) is 13.0 Å². The second kappa shape index (κ2) is 7.47. The van der Waals surface area contributed by atoms with Crippen LogP contribution >= 0.6 is 0 Å². The first-order valence-corrected chi connectivity index (χ1v) is 7.92. The third kappa shape index (κ3) is 3.69. The fourth-order valence-corrected chi connectivity index (χ4v) is 2.41. The van der Waals surface area contributed by atoms with Gasteiger partial charge in [0.05, 0.1) is 17.3 Å². The molecular weight excluding hydrogens is 338 g/mol. The van der Waals surface area contributed by atoms with Crippen molar-refractivity contribution in [1.82, 2.24) is 25.2 Å². The molecule has 0 aliphatic rings. The molecule has 0 aliphatic heterocycles. The third-order valence-corrected chi connectivity index (χ3v) is 3.51. The highest BCUT2D eigenvalue weighted by Gasteiger charge is 2.12. The maximum atomic E-state index is 11.8. The van der Waals surface area contributed by atoms with Crippen molar-refractivity contribution in [1.29, 1.82) is 0 Å². The topological polar surface area (TPSA) is 134 Å². The van der Waals surface area contributed by atoms with Crippen molar-refractivity contribution in [3.05, 3.63) is 36.8 Å². The molecule has 3 rings (SSSR count). The van der Waals surface area contributed by atoms with Crippen molar-refractivity contribution in [2.75, 3.05) is 10.7 Å². The Kier molecular flexibility index (Phi) is 4.92. The van der Waals surface area contributed by atoms with E-state index in [1.54, 1.807) is 22.9 Å². The molecule has 10 heteroatoms. The number of anilines is 2. The molecule has 2 heterocycles. The lowest BCUT2D eigenvalue weighted by molar-refractivity contribution is -0.116. The average molecular weight is 355 g/mol. The smallest absolute Gasteiger partial charge is 0.423 e. The molecule has 0 saturated heterocycles. The van der Waals surface area contributed by atoms with Crippen LogP contribution in [0.5, 0.6) is 0 Å². The Morgan fingerprint density at radius 1 is 1.27 bits per heavy atom. The van der Waals surface area contributed by atoms with Gasteiger partial charge in [-0.2, -0.15) is 5.10 Å². The Morgan fingerprint density at radius 3 is 2.88 bits per heavy atom. The molecule has 134 valence electrons. The highest BCUT2D eigenvalue weighted by Crippen LogP contribution is 2.22. The first kappa shape index (κ1) is 17.1. The average Bonchev–Trinajstić information content (AvgIpc) is 3.05. The van der Waals surface area contributed by atoms with Gasteiger partial charge in [-0.05, 0) is 24.6 Å². The molecular formula is C16H17N7O3. The molecule has 2 aromatic heterocycles. The number of benzene rings is 1. The van der Waals surface area contributed by atoms with Crippen molar-refractivity contribution in [2.24, 2.45) is 0 Å².